The summed E-state index contributed by atoms with van der Waals surface area (Å²) >= 11 is 0. The third-order valence-electron chi connectivity index (χ3n) is 13.9. The van der Waals surface area contributed by atoms with Crippen molar-refractivity contribution in [2.24, 2.45) is 0 Å². The zero-order valence-corrected chi connectivity index (χ0v) is 40.8. The van der Waals surface area contributed by atoms with Crippen LogP contribution in [-0.4, -0.2) is 9.97 Å². The molecule has 10 aromatic carbocycles. The van der Waals surface area contributed by atoms with Crippen molar-refractivity contribution >= 4 is 0 Å². The molecule has 2 heterocycles. The van der Waals surface area contributed by atoms with Crippen LogP contribution in [-0.2, 0) is 0 Å². The smallest absolute Gasteiger partial charge is 0.135 e. The van der Waals surface area contributed by atoms with Crippen LogP contribution in [0.3, 0.4) is 0 Å². The van der Waals surface area contributed by atoms with E-state index in [0.29, 0.717) is 16.8 Å². The topological polar surface area (TPSA) is 25.8 Å². The fourth-order valence-electron chi connectivity index (χ4n) is 10.1. The molecule has 2 nitrogen and oxygen atoms in total. The van der Waals surface area contributed by atoms with Crippen molar-refractivity contribution < 1.29 is 17.6 Å². The number of hydrogen-bond acceptors (Lipinski definition) is 2. The third kappa shape index (κ3) is 9.52. The van der Waals surface area contributed by atoms with Crippen molar-refractivity contribution in [3.05, 3.63) is 290 Å². The Morgan fingerprint density at radius 2 is 0.579 bits per heavy atom. The van der Waals surface area contributed by atoms with Gasteiger partial charge in [0.25, 0.3) is 0 Å². The lowest BCUT2D eigenvalue weighted by Gasteiger charge is -2.19. The van der Waals surface area contributed by atoms with E-state index in [1.54, 1.807) is 12.3 Å². The molecular weight excluding hydrogens is 945 g/mol. The minimum absolute atomic E-state index is 0.213. The molecule has 2 aromatic heterocycles. The van der Waals surface area contributed by atoms with E-state index in [2.05, 4.69) is 138 Å². The molecule has 0 amide bonds. The van der Waals surface area contributed by atoms with E-state index in [1.807, 2.05) is 85.1 Å². The zero-order chi connectivity index (χ0) is 51.5. The molecule has 0 aliphatic heterocycles. The van der Waals surface area contributed by atoms with E-state index >= 15 is 0 Å². The van der Waals surface area contributed by atoms with Gasteiger partial charge < -0.3 is 0 Å². The molecule has 0 spiro atoms. The second kappa shape index (κ2) is 20.6. The Morgan fingerprint density at radius 1 is 0.197 bits per heavy atom. The maximum atomic E-state index is 15.0. The fraction of sp³-hybridized carbons (Fsp3) is 0. The van der Waals surface area contributed by atoms with Gasteiger partial charge in [-0.2, -0.15) is 0 Å². The van der Waals surface area contributed by atoms with E-state index in [9.17, 15) is 17.6 Å². The molecule has 0 bridgehead atoms. The van der Waals surface area contributed by atoms with E-state index in [4.69, 9.17) is 4.98 Å². The first-order valence-corrected chi connectivity index (χ1v) is 24.9. The lowest BCUT2D eigenvalue weighted by Crippen LogP contribution is -1.95. The van der Waals surface area contributed by atoms with Gasteiger partial charge in [-0.15, -0.1) is 0 Å². The van der Waals surface area contributed by atoms with Crippen LogP contribution < -0.4 is 0 Å². The van der Waals surface area contributed by atoms with Crippen LogP contribution in [0.2, 0.25) is 0 Å². The van der Waals surface area contributed by atoms with Crippen molar-refractivity contribution in [1.82, 2.24) is 9.97 Å². The lowest BCUT2D eigenvalue weighted by molar-refractivity contribution is 0.584. The van der Waals surface area contributed by atoms with Gasteiger partial charge in [0.05, 0.1) is 11.4 Å². The van der Waals surface area contributed by atoms with Crippen LogP contribution in [0.25, 0.3) is 123 Å². The summed E-state index contributed by atoms with van der Waals surface area (Å²) in [6, 6.07) is 81.5. The number of aromatic nitrogens is 2. The van der Waals surface area contributed by atoms with E-state index in [-0.39, 0.29) is 5.56 Å². The monoisotopic (exact) mass is 988 g/mol. The first-order valence-electron chi connectivity index (χ1n) is 24.9. The van der Waals surface area contributed by atoms with E-state index in [1.165, 1.54) is 24.3 Å². The van der Waals surface area contributed by atoms with Crippen LogP contribution in [0.1, 0.15) is 0 Å². The van der Waals surface area contributed by atoms with Gasteiger partial charge in [-0.25, -0.2) is 17.6 Å². The highest BCUT2D eigenvalue weighted by atomic mass is 19.1. The summed E-state index contributed by atoms with van der Waals surface area (Å²) in [7, 11) is 0. The Kier molecular flexibility index (Phi) is 12.8. The summed E-state index contributed by atoms with van der Waals surface area (Å²) < 4.78 is 57.7. The first kappa shape index (κ1) is 47.2. The van der Waals surface area contributed by atoms with Gasteiger partial charge in [0.1, 0.15) is 23.3 Å². The highest BCUT2D eigenvalue weighted by molar-refractivity contribution is 5.97. The van der Waals surface area contributed by atoms with Gasteiger partial charge in [0, 0.05) is 52.3 Å². The lowest BCUT2D eigenvalue weighted by atomic mass is 9.85. The molecule has 12 aromatic rings. The number of benzene rings is 10. The second-order valence-electron chi connectivity index (χ2n) is 18.6. The van der Waals surface area contributed by atoms with Crippen molar-refractivity contribution in [2.45, 2.75) is 0 Å². The van der Waals surface area contributed by atoms with E-state index < -0.39 is 23.3 Å². The molecule has 76 heavy (non-hydrogen) atoms. The normalized spacial score (nSPS) is 11.2. The van der Waals surface area contributed by atoms with Crippen molar-refractivity contribution in [3.8, 4) is 123 Å². The summed E-state index contributed by atoms with van der Waals surface area (Å²) in [5, 5.41) is 0. The maximum Gasteiger partial charge on any atom is 0.135 e. The van der Waals surface area contributed by atoms with Crippen LogP contribution in [0.15, 0.2) is 267 Å². The Labute approximate surface area is 438 Å². The highest BCUT2D eigenvalue weighted by Crippen LogP contribution is 2.45. The average molecular weight is 989 g/mol. The SMILES string of the molecule is Fc1ccc(-c2ccc(-c3ccccc3-c3cc(-c4ccccc4-c4ccc(-c5ccc(F)cc5F)nc4)cc(-c4ccccc4-c4cnc(-c5ccccc5)cc4-c4ccc(-c5ccccc5)cc4)c3)cc2)c(F)c1. The minimum Gasteiger partial charge on any atom is -0.256 e. The molecule has 0 radical (unpaired) electrons. The summed E-state index contributed by atoms with van der Waals surface area (Å²) in [5.41, 5.74) is 19.2. The molecule has 0 saturated carbocycles. The molecule has 6 heteroatoms. The van der Waals surface area contributed by atoms with Gasteiger partial charge in [0.2, 0.25) is 0 Å². The second-order valence-corrected chi connectivity index (χ2v) is 18.6. The zero-order valence-electron chi connectivity index (χ0n) is 40.8. The van der Waals surface area contributed by atoms with Crippen LogP contribution in [0.5, 0.6) is 0 Å². The van der Waals surface area contributed by atoms with Crippen LogP contribution in [0.4, 0.5) is 17.6 Å². The highest BCUT2D eigenvalue weighted by Gasteiger charge is 2.20. The average Bonchev–Trinajstić information content (AvgIpc) is 3.49. The van der Waals surface area contributed by atoms with Crippen LogP contribution >= 0.6 is 0 Å². The number of hydrogen-bond donors (Lipinski definition) is 0. The minimum atomic E-state index is -0.681. The first-order chi connectivity index (χ1) is 37.3. The molecule has 362 valence electrons. The summed E-state index contributed by atoms with van der Waals surface area (Å²) in [5.74, 6) is -2.58. The van der Waals surface area contributed by atoms with E-state index in [0.717, 1.165) is 112 Å². The Bertz CT molecular complexity index is 3910. The summed E-state index contributed by atoms with van der Waals surface area (Å²) in [6.07, 6.45) is 3.72. The number of rotatable bonds is 11. The standard InChI is InChI=1S/C70H44F4N2/c71-55-32-34-62(67(73)40-55)48-29-27-47(28-30-48)57-17-7-9-19-59(57)52-37-53(60-20-10-8-18-58(60)51-31-36-69(75-43-51)64-35-33-56(72)41-68(64)74)39-54(38-52)61-21-11-12-22-63(61)66-44-76-70(50-15-5-2-6-16-50)42-65(66)49-25-23-46(24-26-49)45-13-3-1-4-14-45/h1-44H. The van der Waals surface area contributed by atoms with Gasteiger partial charge in [-0.3, -0.25) is 9.97 Å². The van der Waals surface area contributed by atoms with Gasteiger partial charge >= 0.3 is 0 Å². The van der Waals surface area contributed by atoms with Gasteiger partial charge in [-0.05, 0) is 138 Å². The number of halogens is 4. The Hall–Kier alpha value is -9.78. The molecule has 0 aliphatic carbocycles. The predicted molar refractivity (Wildman–Crippen MR) is 302 cm³/mol. The van der Waals surface area contributed by atoms with Crippen molar-refractivity contribution in [3.63, 3.8) is 0 Å². The number of nitrogens with zero attached hydrogens (tertiary/aromatic N) is 2. The van der Waals surface area contributed by atoms with Gasteiger partial charge in [-0.1, -0.05) is 188 Å². The molecule has 0 aliphatic rings. The summed E-state index contributed by atoms with van der Waals surface area (Å²) in [4.78, 5) is 9.80. The number of pyridine rings is 2. The molecule has 0 atom stereocenters. The van der Waals surface area contributed by atoms with Crippen LogP contribution in [0, 0.1) is 23.3 Å². The Morgan fingerprint density at radius 3 is 1.09 bits per heavy atom. The quantitative estimate of drug-likeness (QED) is 0.121. The predicted octanol–water partition coefficient (Wildman–Crippen LogP) is 19.4. The van der Waals surface area contributed by atoms with Gasteiger partial charge in [0.15, 0.2) is 0 Å². The van der Waals surface area contributed by atoms with Crippen molar-refractivity contribution in [1.29, 1.82) is 0 Å². The van der Waals surface area contributed by atoms with Crippen molar-refractivity contribution in [2.75, 3.05) is 0 Å². The molecule has 12 rings (SSSR count). The maximum absolute atomic E-state index is 15.0. The largest absolute Gasteiger partial charge is 0.256 e. The fourth-order valence-corrected chi connectivity index (χ4v) is 10.1. The molecule has 0 N–H and O–H groups in total. The molecule has 0 fully saturated rings. The summed E-state index contributed by atoms with van der Waals surface area (Å²) in [6.45, 7) is 0. The molecule has 0 saturated heterocycles. The Balaban J connectivity index is 1.03. The third-order valence-corrected chi connectivity index (χ3v) is 13.9. The molecule has 0 unspecified atom stereocenters. The molecular formula is C70H44F4N2.